The molecule has 0 aromatic rings. The van der Waals surface area contributed by atoms with E-state index in [-0.39, 0.29) is 19.0 Å². The zero-order valence-corrected chi connectivity index (χ0v) is 11.5. The fourth-order valence-corrected chi connectivity index (χ4v) is 2.33. The van der Waals surface area contributed by atoms with Gasteiger partial charge in [-0.05, 0) is 25.2 Å². The molecule has 0 bridgehead atoms. The Labute approximate surface area is 113 Å². The van der Waals surface area contributed by atoms with Gasteiger partial charge in [-0.1, -0.05) is 13.3 Å². The number of amides is 2. The Kier molecular flexibility index (Phi) is 6.62. The van der Waals surface area contributed by atoms with Crippen LogP contribution < -0.4 is 5.32 Å². The van der Waals surface area contributed by atoms with E-state index in [1.807, 2.05) is 0 Å². The molecular weight excluding hydrogens is 248 g/mol. The molecule has 110 valence electrons. The van der Waals surface area contributed by atoms with E-state index < -0.39 is 12.1 Å². The van der Waals surface area contributed by atoms with Gasteiger partial charge in [-0.15, -0.1) is 0 Å². The number of nitrogens with one attached hydrogen (secondary N) is 1. The van der Waals surface area contributed by atoms with E-state index in [0.29, 0.717) is 5.92 Å². The topological polar surface area (TPSA) is 89.9 Å². The Balaban J connectivity index is 2.27. The lowest BCUT2D eigenvalue weighted by Crippen LogP contribution is -2.41. The number of aliphatic carboxylic acids is 1. The van der Waals surface area contributed by atoms with Crippen LogP contribution in [-0.4, -0.2) is 52.9 Å². The molecule has 1 unspecified atom stereocenters. The van der Waals surface area contributed by atoms with Gasteiger partial charge in [0.05, 0.1) is 0 Å². The monoisotopic (exact) mass is 272 g/mol. The molecule has 1 heterocycles. The molecule has 1 rings (SSSR count). The summed E-state index contributed by atoms with van der Waals surface area (Å²) >= 11 is 0. The van der Waals surface area contributed by atoms with Gasteiger partial charge >= 0.3 is 12.0 Å². The third-order valence-electron chi connectivity index (χ3n) is 3.69. The minimum atomic E-state index is -1.41. The van der Waals surface area contributed by atoms with E-state index in [9.17, 15) is 9.59 Å². The molecule has 6 heteroatoms. The highest BCUT2D eigenvalue weighted by molar-refractivity contribution is 5.74. The molecule has 0 saturated carbocycles. The molecule has 0 spiro atoms. The van der Waals surface area contributed by atoms with Crippen LogP contribution >= 0.6 is 0 Å². The van der Waals surface area contributed by atoms with Crippen LogP contribution in [0.3, 0.4) is 0 Å². The molecule has 0 aliphatic carbocycles. The number of aliphatic hydroxyl groups is 1. The molecule has 1 aliphatic heterocycles. The van der Waals surface area contributed by atoms with Crippen molar-refractivity contribution in [1.82, 2.24) is 10.2 Å². The summed E-state index contributed by atoms with van der Waals surface area (Å²) in [7, 11) is 0. The van der Waals surface area contributed by atoms with E-state index in [1.165, 1.54) is 0 Å². The summed E-state index contributed by atoms with van der Waals surface area (Å²) < 4.78 is 0. The quantitative estimate of drug-likeness (QED) is 0.697. The largest absolute Gasteiger partial charge is 0.479 e. The molecule has 3 N–H and O–H groups in total. The number of aliphatic hydroxyl groups excluding tert-OH is 1. The Morgan fingerprint density at radius 2 is 2.11 bits per heavy atom. The number of carbonyl (C=O) groups is 2. The highest BCUT2D eigenvalue weighted by Crippen LogP contribution is 2.20. The van der Waals surface area contributed by atoms with Crippen LogP contribution in [-0.2, 0) is 4.79 Å². The predicted octanol–water partition coefficient (Wildman–Crippen LogP) is 1.04. The van der Waals surface area contributed by atoms with Crippen LogP contribution in [0.1, 0.15) is 39.0 Å². The first-order chi connectivity index (χ1) is 9.04. The van der Waals surface area contributed by atoms with E-state index in [0.717, 1.165) is 38.8 Å². The predicted molar refractivity (Wildman–Crippen MR) is 70.9 cm³/mol. The van der Waals surface area contributed by atoms with Crippen LogP contribution in [0.25, 0.3) is 0 Å². The first-order valence-electron chi connectivity index (χ1n) is 6.98. The zero-order valence-electron chi connectivity index (χ0n) is 11.5. The van der Waals surface area contributed by atoms with Crippen molar-refractivity contribution < 1.29 is 19.8 Å². The second kappa shape index (κ2) is 7.99. The average molecular weight is 272 g/mol. The van der Waals surface area contributed by atoms with Gasteiger partial charge in [0.2, 0.25) is 0 Å². The number of hydrogen-bond acceptors (Lipinski definition) is 3. The molecule has 1 aliphatic rings. The molecule has 1 saturated heterocycles. The standard InChI is InChI=1S/C13H24N2O4/c1-2-10-4-3-8-15(9-6-10)13(19)14-7-5-11(16)12(17)18/h10-11,16H,2-9H2,1H3,(H,14,19)(H,17,18)/t10?,11-/m0/s1. The Morgan fingerprint density at radius 1 is 1.37 bits per heavy atom. The highest BCUT2D eigenvalue weighted by atomic mass is 16.4. The molecule has 6 nitrogen and oxygen atoms in total. The lowest BCUT2D eigenvalue weighted by molar-refractivity contribution is -0.146. The Hall–Kier alpha value is -1.30. The summed E-state index contributed by atoms with van der Waals surface area (Å²) in [5.41, 5.74) is 0. The number of carboxylic acids is 1. The second-order valence-corrected chi connectivity index (χ2v) is 5.07. The molecular formula is C13H24N2O4. The molecule has 0 radical (unpaired) electrons. The minimum absolute atomic E-state index is 0.0342. The van der Waals surface area contributed by atoms with Gasteiger partial charge in [0, 0.05) is 26.1 Å². The van der Waals surface area contributed by atoms with Gasteiger partial charge in [-0.2, -0.15) is 0 Å². The lowest BCUT2D eigenvalue weighted by Gasteiger charge is -2.21. The van der Waals surface area contributed by atoms with Crippen molar-refractivity contribution >= 4 is 12.0 Å². The van der Waals surface area contributed by atoms with Crippen LogP contribution in [0.5, 0.6) is 0 Å². The van der Waals surface area contributed by atoms with Crippen molar-refractivity contribution in [2.24, 2.45) is 5.92 Å². The first kappa shape index (κ1) is 15.8. The Bertz CT molecular complexity index is 309. The molecule has 2 amide bonds. The number of urea groups is 1. The van der Waals surface area contributed by atoms with E-state index >= 15 is 0 Å². The third kappa shape index (κ3) is 5.46. The third-order valence-corrected chi connectivity index (χ3v) is 3.69. The van der Waals surface area contributed by atoms with Crippen LogP contribution in [0.15, 0.2) is 0 Å². The molecule has 19 heavy (non-hydrogen) atoms. The van der Waals surface area contributed by atoms with Gasteiger partial charge in [0.1, 0.15) is 0 Å². The van der Waals surface area contributed by atoms with Crippen molar-refractivity contribution in [3.8, 4) is 0 Å². The average Bonchev–Trinajstić information content (AvgIpc) is 2.63. The maximum absolute atomic E-state index is 11.9. The summed E-state index contributed by atoms with van der Waals surface area (Å²) in [6.07, 6.45) is 2.99. The summed E-state index contributed by atoms with van der Waals surface area (Å²) in [6.45, 7) is 3.86. The van der Waals surface area contributed by atoms with E-state index in [1.54, 1.807) is 4.90 Å². The molecule has 0 aromatic carbocycles. The van der Waals surface area contributed by atoms with Crippen molar-refractivity contribution in [2.75, 3.05) is 19.6 Å². The van der Waals surface area contributed by atoms with Crippen LogP contribution in [0.4, 0.5) is 4.79 Å². The number of hydrogen-bond donors (Lipinski definition) is 3. The normalized spacial score (nSPS) is 21.6. The van der Waals surface area contributed by atoms with E-state index in [4.69, 9.17) is 10.2 Å². The van der Waals surface area contributed by atoms with Gasteiger partial charge in [-0.25, -0.2) is 9.59 Å². The van der Waals surface area contributed by atoms with Gasteiger partial charge in [0.15, 0.2) is 6.10 Å². The van der Waals surface area contributed by atoms with Gasteiger partial charge < -0.3 is 20.4 Å². The maximum Gasteiger partial charge on any atom is 0.332 e. The number of rotatable bonds is 5. The first-order valence-corrected chi connectivity index (χ1v) is 6.98. The summed E-state index contributed by atoms with van der Waals surface area (Å²) in [5.74, 6) is -0.554. The number of nitrogens with zero attached hydrogens (tertiary/aromatic N) is 1. The highest BCUT2D eigenvalue weighted by Gasteiger charge is 2.20. The summed E-state index contributed by atoms with van der Waals surface area (Å²) in [5, 5.41) is 20.3. The van der Waals surface area contributed by atoms with Crippen LogP contribution in [0.2, 0.25) is 0 Å². The second-order valence-electron chi connectivity index (χ2n) is 5.07. The Morgan fingerprint density at radius 3 is 2.74 bits per heavy atom. The van der Waals surface area contributed by atoms with Crippen LogP contribution in [0, 0.1) is 5.92 Å². The lowest BCUT2D eigenvalue weighted by atomic mass is 9.98. The fourth-order valence-electron chi connectivity index (χ4n) is 2.33. The summed E-state index contributed by atoms with van der Waals surface area (Å²) in [4.78, 5) is 24.1. The van der Waals surface area contributed by atoms with Crippen molar-refractivity contribution in [3.05, 3.63) is 0 Å². The van der Waals surface area contributed by atoms with Crippen molar-refractivity contribution in [1.29, 1.82) is 0 Å². The number of carbonyl (C=O) groups excluding carboxylic acids is 1. The van der Waals surface area contributed by atoms with Gasteiger partial charge in [-0.3, -0.25) is 0 Å². The van der Waals surface area contributed by atoms with Gasteiger partial charge in [0.25, 0.3) is 0 Å². The fraction of sp³-hybridized carbons (Fsp3) is 0.846. The number of carboxylic acid groups (broad SMARTS) is 1. The molecule has 1 fully saturated rings. The zero-order chi connectivity index (χ0) is 14.3. The van der Waals surface area contributed by atoms with E-state index in [2.05, 4.69) is 12.2 Å². The number of likely N-dealkylation sites (tertiary alicyclic amines) is 1. The smallest absolute Gasteiger partial charge is 0.332 e. The molecule has 2 atom stereocenters. The van der Waals surface area contributed by atoms with Crippen molar-refractivity contribution in [3.63, 3.8) is 0 Å². The SMILES string of the molecule is CCC1CCCN(C(=O)NCC[C@H](O)C(=O)O)CC1. The van der Waals surface area contributed by atoms with Crippen molar-refractivity contribution in [2.45, 2.75) is 45.1 Å². The maximum atomic E-state index is 11.9. The minimum Gasteiger partial charge on any atom is -0.479 e. The summed E-state index contributed by atoms with van der Waals surface area (Å²) in [6, 6.07) is -0.158. The molecule has 0 aromatic heterocycles.